The van der Waals surface area contributed by atoms with Crippen LogP contribution in [0.2, 0.25) is 17.7 Å². The summed E-state index contributed by atoms with van der Waals surface area (Å²) in [5, 5.41) is 11.2. The molecule has 0 amide bonds. The van der Waals surface area contributed by atoms with Gasteiger partial charge in [-0.3, -0.25) is 0 Å². The molecule has 2 aliphatic carbocycles. The molecule has 2 aliphatic rings. The molecular weight excluding hydrogens is 491 g/mol. The number of carbonyl (C=O) groups is 1. The molecule has 0 aromatic heterocycles. The van der Waals surface area contributed by atoms with E-state index in [0.29, 0.717) is 18.4 Å². The number of fused-ring (bicyclic) bond motifs is 2. The molecule has 2 rings (SSSR count). The van der Waals surface area contributed by atoms with Crippen LogP contribution in [0.1, 0.15) is 92.9 Å². The summed E-state index contributed by atoms with van der Waals surface area (Å²) in [5.41, 5.74) is -0.843. The van der Waals surface area contributed by atoms with Gasteiger partial charge in [0.2, 0.25) is 0 Å². The zero-order chi connectivity index (χ0) is 23.1. The molecule has 0 aromatic rings. The van der Waals surface area contributed by atoms with Crippen molar-refractivity contribution < 1.29 is 14.6 Å². The van der Waals surface area contributed by atoms with E-state index in [1.807, 2.05) is 13.8 Å². The van der Waals surface area contributed by atoms with Gasteiger partial charge in [0.1, 0.15) is 0 Å². The fourth-order valence-corrected chi connectivity index (χ4v) is 24.9. The summed E-state index contributed by atoms with van der Waals surface area (Å²) in [4.78, 5) is 11.7. The number of rotatable bonds is 14. The summed E-state index contributed by atoms with van der Waals surface area (Å²) in [7, 11) is 0. The molecule has 0 aliphatic heterocycles. The number of aliphatic hydroxyl groups is 1. The molecule has 0 saturated heterocycles. The van der Waals surface area contributed by atoms with E-state index in [1.165, 1.54) is 49.9 Å². The molecule has 0 radical (unpaired) electrons. The molecule has 4 heteroatoms. The van der Waals surface area contributed by atoms with Gasteiger partial charge in [-0.2, -0.15) is 0 Å². The van der Waals surface area contributed by atoms with Gasteiger partial charge in [0.05, 0.1) is 0 Å². The van der Waals surface area contributed by atoms with E-state index in [-0.39, 0.29) is 17.3 Å². The van der Waals surface area contributed by atoms with Crippen LogP contribution in [0, 0.1) is 23.2 Å². The van der Waals surface area contributed by atoms with Gasteiger partial charge in [-0.15, -0.1) is 0 Å². The van der Waals surface area contributed by atoms with Crippen LogP contribution in [0.15, 0.2) is 12.2 Å². The van der Waals surface area contributed by atoms with Crippen molar-refractivity contribution in [1.82, 2.24) is 0 Å². The van der Waals surface area contributed by atoms with Gasteiger partial charge in [0.25, 0.3) is 0 Å². The Morgan fingerprint density at radius 2 is 1.65 bits per heavy atom. The Kier molecular flexibility index (Phi) is 10.4. The Labute approximate surface area is 196 Å². The fraction of sp³-hybridized carbons (Fsp3) is 0.889. The number of carbonyl (C=O) groups excluding carboxylic acids is 1. The van der Waals surface area contributed by atoms with Crippen molar-refractivity contribution in [3.05, 3.63) is 12.2 Å². The van der Waals surface area contributed by atoms with Gasteiger partial charge >= 0.3 is 197 Å². The van der Waals surface area contributed by atoms with Crippen LogP contribution in [-0.2, 0) is 9.53 Å². The predicted molar refractivity (Wildman–Crippen MR) is 134 cm³/mol. The van der Waals surface area contributed by atoms with Crippen molar-refractivity contribution in [2.24, 2.45) is 23.2 Å². The molecule has 2 bridgehead atoms. The van der Waals surface area contributed by atoms with Gasteiger partial charge in [-0.1, -0.05) is 0 Å². The maximum absolute atomic E-state index is 11.7. The molecule has 1 saturated carbocycles. The number of hydrogen-bond donors (Lipinski definition) is 1. The van der Waals surface area contributed by atoms with Crippen LogP contribution in [-0.4, -0.2) is 41.7 Å². The van der Waals surface area contributed by atoms with Crippen LogP contribution < -0.4 is 0 Å². The molecule has 0 unspecified atom stereocenters. The molecule has 0 heterocycles. The molecule has 0 spiro atoms. The van der Waals surface area contributed by atoms with E-state index >= 15 is 0 Å². The zero-order valence-corrected chi connectivity index (χ0v) is 24.2. The van der Waals surface area contributed by atoms with Gasteiger partial charge in [-0.25, -0.2) is 0 Å². The molecule has 1 N–H and O–H groups in total. The number of ether oxygens (including phenoxy) is 1. The van der Waals surface area contributed by atoms with Crippen molar-refractivity contribution in [3.8, 4) is 0 Å². The van der Waals surface area contributed by atoms with E-state index in [0.717, 1.165) is 12.8 Å². The van der Waals surface area contributed by atoms with Crippen LogP contribution in [0.3, 0.4) is 0 Å². The van der Waals surface area contributed by atoms with Crippen molar-refractivity contribution in [3.63, 3.8) is 0 Å². The standard InChI is InChI=1S/C15H23O3.3C4H9.Sn/c1-10-8-15(9-18-11(2)16)7-5-6-12(10)13(15)14(3,4)17;3*1-3-4-2;/h5-6,10,12-13,17H,1,7-9H2,2-4H3;3*1,3-4H2,2H3;/t10-,12-,13+,15+;;;;/m1..../s1. The van der Waals surface area contributed by atoms with E-state index in [1.54, 1.807) is 13.3 Å². The number of hydrogen-bond acceptors (Lipinski definition) is 3. The van der Waals surface area contributed by atoms with Crippen molar-refractivity contribution in [2.45, 2.75) is 116 Å². The first kappa shape index (κ1) is 27.2. The van der Waals surface area contributed by atoms with Crippen LogP contribution >= 0.6 is 0 Å². The summed E-state index contributed by atoms with van der Waals surface area (Å²) in [6.45, 7) is 13.0. The third-order valence-corrected chi connectivity index (χ3v) is 24.4. The average Bonchev–Trinajstić information content (AvgIpc) is 2.91. The quantitative estimate of drug-likeness (QED) is 0.142. The monoisotopic (exact) mass is 542 g/mol. The average molecular weight is 541 g/mol. The summed E-state index contributed by atoms with van der Waals surface area (Å²) < 4.78 is 11.7. The molecule has 4 atom stereocenters. The topological polar surface area (TPSA) is 46.5 Å². The Morgan fingerprint density at radius 1 is 1.10 bits per heavy atom. The minimum absolute atomic E-state index is 0.0914. The Hall–Kier alpha value is -0.0313. The van der Waals surface area contributed by atoms with E-state index in [9.17, 15) is 9.90 Å². The van der Waals surface area contributed by atoms with Crippen LogP contribution in [0.5, 0.6) is 0 Å². The Bertz CT molecular complexity index is 572. The van der Waals surface area contributed by atoms with Crippen LogP contribution in [0.25, 0.3) is 0 Å². The Balaban J connectivity index is 2.35. The minimum atomic E-state index is -2.29. The van der Waals surface area contributed by atoms with Crippen molar-refractivity contribution >= 4 is 24.3 Å². The predicted octanol–water partition coefficient (Wildman–Crippen LogP) is 7.37. The zero-order valence-electron chi connectivity index (χ0n) is 21.3. The van der Waals surface area contributed by atoms with Gasteiger partial charge in [0, 0.05) is 0 Å². The molecule has 180 valence electrons. The summed E-state index contributed by atoms with van der Waals surface area (Å²) in [6, 6.07) is 0. The first-order chi connectivity index (χ1) is 14.6. The third-order valence-electron chi connectivity index (χ3n) is 8.34. The van der Waals surface area contributed by atoms with Gasteiger partial charge < -0.3 is 0 Å². The molecular formula is C27H50O3Sn. The van der Waals surface area contributed by atoms with Gasteiger partial charge in [0.15, 0.2) is 0 Å². The van der Waals surface area contributed by atoms with Gasteiger partial charge in [-0.05, 0) is 0 Å². The number of esters is 1. The molecule has 31 heavy (non-hydrogen) atoms. The molecule has 3 nitrogen and oxygen atoms in total. The second-order valence-corrected chi connectivity index (χ2v) is 25.5. The first-order valence-electron chi connectivity index (χ1n) is 13.2. The van der Waals surface area contributed by atoms with Crippen LogP contribution in [0.4, 0.5) is 0 Å². The second-order valence-electron chi connectivity index (χ2n) is 11.5. The summed E-state index contributed by atoms with van der Waals surface area (Å²) in [6.07, 6.45) is 15.0. The number of allylic oxidation sites excluding steroid dienone is 2. The van der Waals surface area contributed by atoms with E-state index < -0.39 is 24.0 Å². The summed E-state index contributed by atoms with van der Waals surface area (Å²) in [5.74, 6) is 1.08. The SMILES string of the molecule is CCC[CH2][Sn]([CH2]CCC)([CH2]CCC)[CH2][C@@H]1C[C@]2(COC(C)=O)CC=C[C@H]1[C@H]2C(C)(C)O. The molecule has 0 aromatic carbocycles. The normalized spacial score (nSPS) is 28.2. The molecule has 1 fully saturated rings. The van der Waals surface area contributed by atoms with Crippen molar-refractivity contribution in [2.75, 3.05) is 6.61 Å². The maximum atomic E-state index is 11.7. The fourth-order valence-electron chi connectivity index (χ4n) is 7.18. The first-order valence-corrected chi connectivity index (χ1v) is 21.2. The second kappa shape index (κ2) is 11.9. The van der Waals surface area contributed by atoms with E-state index in [4.69, 9.17) is 4.74 Å². The number of unbranched alkanes of at least 4 members (excludes halogenated alkanes) is 3. The third kappa shape index (κ3) is 6.98. The Morgan fingerprint density at radius 3 is 2.10 bits per heavy atom. The van der Waals surface area contributed by atoms with E-state index in [2.05, 4.69) is 32.9 Å². The van der Waals surface area contributed by atoms with Crippen molar-refractivity contribution in [1.29, 1.82) is 0 Å². The summed E-state index contributed by atoms with van der Waals surface area (Å²) >= 11 is -2.29.